The maximum Gasteiger partial charge on any atom is 0.261 e. The minimum absolute atomic E-state index is 0.0777. The summed E-state index contributed by atoms with van der Waals surface area (Å²) in [6.07, 6.45) is 0. The molecule has 0 radical (unpaired) electrons. The summed E-state index contributed by atoms with van der Waals surface area (Å²) in [5.74, 6) is -0.0777. The van der Waals surface area contributed by atoms with Crippen molar-refractivity contribution in [2.24, 2.45) is 0 Å². The molecule has 0 unspecified atom stereocenters. The Labute approximate surface area is 136 Å². The molecule has 0 saturated heterocycles. The highest BCUT2D eigenvalue weighted by Crippen LogP contribution is 2.26. The average Bonchev–Trinajstić information content (AvgIpc) is 2.42. The van der Waals surface area contributed by atoms with Gasteiger partial charge >= 0.3 is 0 Å². The van der Waals surface area contributed by atoms with Crippen molar-refractivity contribution in [2.75, 3.05) is 4.72 Å². The summed E-state index contributed by atoms with van der Waals surface area (Å²) in [6, 6.07) is 10.6. The maximum absolute atomic E-state index is 12.2. The zero-order valence-corrected chi connectivity index (χ0v) is 14.1. The van der Waals surface area contributed by atoms with E-state index in [2.05, 4.69) is 20.7 Å². The number of nitrogens with one attached hydrogen (secondary N) is 1. The predicted octanol–water partition coefficient (Wildman–Crippen LogP) is 4.11. The minimum Gasteiger partial charge on any atom is -0.295 e. The van der Waals surface area contributed by atoms with E-state index >= 15 is 0 Å². The Balaban J connectivity index is 2.28. The lowest BCUT2D eigenvalue weighted by molar-refractivity contribution is 0.101. The van der Waals surface area contributed by atoms with Crippen LogP contribution in [-0.2, 0) is 10.0 Å². The van der Waals surface area contributed by atoms with Gasteiger partial charge in [-0.15, -0.1) is 0 Å². The second-order valence-electron chi connectivity index (χ2n) is 4.31. The molecule has 0 amide bonds. The molecule has 0 bridgehead atoms. The zero-order valence-electron chi connectivity index (χ0n) is 10.9. The summed E-state index contributed by atoms with van der Waals surface area (Å²) >= 11 is 9.03. The number of rotatable bonds is 4. The van der Waals surface area contributed by atoms with Crippen molar-refractivity contribution in [3.63, 3.8) is 0 Å². The van der Waals surface area contributed by atoms with E-state index in [0.29, 0.717) is 20.7 Å². The summed E-state index contributed by atoms with van der Waals surface area (Å²) in [5.41, 5.74) is 0.901. The standard InChI is InChI=1S/C14H11BrClNO3S/c1-9(18)10-2-4-11(5-3-10)17-21(19,20)12-6-7-14(16)13(15)8-12/h2-8,17H,1H3. The summed E-state index contributed by atoms with van der Waals surface area (Å²) < 4.78 is 27.4. The number of carbonyl (C=O) groups excluding carboxylic acids is 1. The molecular weight excluding hydrogens is 378 g/mol. The predicted molar refractivity (Wildman–Crippen MR) is 86.4 cm³/mol. The van der Waals surface area contributed by atoms with Crippen LogP contribution in [0.15, 0.2) is 51.8 Å². The largest absolute Gasteiger partial charge is 0.295 e. The van der Waals surface area contributed by atoms with Gasteiger partial charge in [0.25, 0.3) is 10.0 Å². The topological polar surface area (TPSA) is 63.2 Å². The van der Waals surface area contributed by atoms with Gasteiger partial charge in [-0.2, -0.15) is 0 Å². The number of sulfonamides is 1. The zero-order chi connectivity index (χ0) is 15.6. The van der Waals surface area contributed by atoms with Crippen molar-refractivity contribution in [1.29, 1.82) is 0 Å². The van der Waals surface area contributed by atoms with E-state index in [1.807, 2.05) is 0 Å². The van der Waals surface area contributed by atoms with Crippen molar-refractivity contribution in [3.8, 4) is 0 Å². The van der Waals surface area contributed by atoms with E-state index < -0.39 is 10.0 Å². The Morgan fingerprint density at radius 3 is 2.29 bits per heavy atom. The van der Waals surface area contributed by atoms with Gasteiger partial charge in [-0.05, 0) is 65.3 Å². The van der Waals surface area contributed by atoms with Crippen LogP contribution in [0.5, 0.6) is 0 Å². The molecule has 0 heterocycles. The highest BCUT2D eigenvalue weighted by molar-refractivity contribution is 9.10. The maximum atomic E-state index is 12.2. The summed E-state index contributed by atoms with van der Waals surface area (Å²) in [5, 5.41) is 0.430. The van der Waals surface area contributed by atoms with Gasteiger partial charge in [-0.3, -0.25) is 9.52 Å². The molecule has 7 heteroatoms. The molecule has 0 aliphatic rings. The van der Waals surface area contributed by atoms with Gasteiger partial charge in [-0.25, -0.2) is 8.42 Å². The van der Waals surface area contributed by atoms with E-state index in [1.165, 1.54) is 25.1 Å². The lowest BCUT2D eigenvalue weighted by Crippen LogP contribution is -2.13. The highest BCUT2D eigenvalue weighted by atomic mass is 79.9. The Morgan fingerprint density at radius 1 is 1.14 bits per heavy atom. The number of benzene rings is 2. The molecule has 1 N–H and O–H groups in total. The lowest BCUT2D eigenvalue weighted by Gasteiger charge is -2.09. The molecule has 0 fully saturated rings. The van der Waals surface area contributed by atoms with Gasteiger partial charge in [0, 0.05) is 15.7 Å². The van der Waals surface area contributed by atoms with Gasteiger partial charge in [0.15, 0.2) is 5.78 Å². The molecule has 0 aliphatic carbocycles. The van der Waals surface area contributed by atoms with Crippen LogP contribution >= 0.6 is 27.5 Å². The second kappa shape index (κ2) is 6.17. The number of carbonyl (C=O) groups is 1. The molecule has 0 aliphatic heterocycles. The molecule has 21 heavy (non-hydrogen) atoms. The number of Topliss-reactive ketones (excluding diaryl/α,β-unsaturated/α-hetero) is 1. The minimum atomic E-state index is -3.71. The van der Waals surface area contributed by atoms with Crippen molar-refractivity contribution < 1.29 is 13.2 Å². The van der Waals surface area contributed by atoms with Gasteiger partial charge < -0.3 is 0 Å². The normalized spacial score (nSPS) is 11.2. The molecule has 2 aromatic carbocycles. The van der Waals surface area contributed by atoms with Gasteiger partial charge in [0.1, 0.15) is 0 Å². The first-order chi connectivity index (χ1) is 9.79. The number of hydrogen-bond acceptors (Lipinski definition) is 3. The van der Waals surface area contributed by atoms with Crippen LogP contribution < -0.4 is 4.72 Å². The Kier molecular flexibility index (Phi) is 4.70. The van der Waals surface area contributed by atoms with E-state index in [1.54, 1.807) is 24.3 Å². The fourth-order valence-electron chi connectivity index (χ4n) is 1.63. The van der Waals surface area contributed by atoms with E-state index in [0.717, 1.165) is 0 Å². The first-order valence-electron chi connectivity index (χ1n) is 5.88. The third-order valence-electron chi connectivity index (χ3n) is 2.75. The van der Waals surface area contributed by atoms with E-state index in [9.17, 15) is 13.2 Å². The fourth-order valence-corrected chi connectivity index (χ4v) is 3.36. The first-order valence-corrected chi connectivity index (χ1v) is 8.54. The third-order valence-corrected chi connectivity index (χ3v) is 5.34. The molecule has 2 aromatic rings. The van der Waals surface area contributed by atoms with Crippen LogP contribution in [0.3, 0.4) is 0 Å². The Hall–Kier alpha value is -1.37. The molecule has 0 saturated carbocycles. The third kappa shape index (κ3) is 3.84. The second-order valence-corrected chi connectivity index (χ2v) is 7.26. The summed E-state index contributed by atoms with van der Waals surface area (Å²) in [6.45, 7) is 1.45. The van der Waals surface area contributed by atoms with Gasteiger partial charge in [-0.1, -0.05) is 11.6 Å². The first kappa shape index (κ1) is 16.0. The van der Waals surface area contributed by atoms with Crippen LogP contribution in [0.1, 0.15) is 17.3 Å². The number of hydrogen-bond donors (Lipinski definition) is 1. The van der Waals surface area contributed by atoms with Crippen molar-refractivity contribution in [3.05, 3.63) is 57.5 Å². The Bertz CT molecular complexity index is 788. The molecule has 110 valence electrons. The van der Waals surface area contributed by atoms with Crippen LogP contribution in [0.2, 0.25) is 5.02 Å². The Morgan fingerprint density at radius 2 is 1.76 bits per heavy atom. The van der Waals surface area contributed by atoms with E-state index in [-0.39, 0.29) is 10.7 Å². The highest BCUT2D eigenvalue weighted by Gasteiger charge is 2.15. The average molecular weight is 389 g/mol. The summed E-state index contributed by atoms with van der Waals surface area (Å²) in [4.78, 5) is 11.3. The number of halogens is 2. The smallest absolute Gasteiger partial charge is 0.261 e. The van der Waals surface area contributed by atoms with Gasteiger partial charge in [0.2, 0.25) is 0 Å². The molecule has 4 nitrogen and oxygen atoms in total. The fraction of sp³-hybridized carbons (Fsp3) is 0.0714. The van der Waals surface area contributed by atoms with Crippen LogP contribution in [0.25, 0.3) is 0 Å². The number of anilines is 1. The number of ketones is 1. The van der Waals surface area contributed by atoms with Crippen molar-refractivity contribution >= 4 is 49.0 Å². The quantitative estimate of drug-likeness (QED) is 0.802. The van der Waals surface area contributed by atoms with Crippen molar-refractivity contribution in [2.45, 2.75) is 11.8 Å². The summed E-state index contributed by atoms with van der Waals surface area (Å²) in [7, 11) is -3.71. The monoisotopic (exact) mass is 387 g/mol. The molecule has 0 aromatic heterocycles. The molecule has 0 atom stereocenters. The van der Waals surface area contributed by atoms with Crippen LogP contribution in [-0.4, -0.2) is 14.2 Å². The molecular formula is C14H11BrClNO3S. The van der Waals surface area contributed by atoms with Crippen LogP contribution in [0.4, 0.5) is 5.69 Å². The van der Waals surface area contributed by atoms with Gasteiger partial charge in [0.05, 0.1) is 9.92 Å². The van der Waals surface area contributed by atoms with Crippen LogP contribution in [0, 0.1) is 0 Å². The SMILES string of the molecule is CC(=O)c1ccc(NS(=O)(=O)c2ccc(Cl)c(Br)c2)cc1. The molecule has 0 spiro atoms. The lowest BCUT2D eigenvalue weighted by atomic mass is 10.1. The van der Waals surface area contributed by atoms with E-state index in [4.69, 9.17) is 11.6 Å². The van der Waals surface area contributed by atoms with Crippen molar-refractivity contribution in [1.82, 2.24) is 0 Å². The molecule has 2 rings (SSSR count).